The fourth-order valence-corrected chi connectivity index (χ4v) is 2.44. The van der Waals surface area contributed by atoms with Gasteiger partial charge >= 0.3 is 0 Å². The van der Waals surface area contributed by atoms with Crippen LogP contribution in [0.1, 0.15) is 30.6 Å². The molecular formula is C22H23N3O2. The predicted octanol–water partition coefficient (Wildman–Crippen LogP) is 5.15. The summed E-state index contributed by atoms with van der Waals surface area (Å²) in [5, 5.41) is 6.20. The molecule has 0 aliphatic heterocycles. The molecule has 0 spiro atoms. The molecule has 138 valence electrons. The number of nitrogens with zero attached hydrogens (tertiary/aromatic N) is 1. The van der Waals surface area contributed by atoms with Gasteiger partial charge in [-0.15, -0.1) is 0 Å². The van der Waals surface area contributed by atoms with E-state index < -0.39 is 0 Å². The number of rotatable bonds is 7. The van der Waals surface area contributed by atoms with Gasteiger partial charge in [-0.25, -0.2) is 0 Å². The number of carbonyl (C=O) groups excluding carboxylic acids is 1. The third kappa shape index (κ3) is 5.31. The van der Waals surface area contributed by atoms with Crippen LogP contribution in [-0.4, -0.2) is 16.9 Å². The zero-order chi connectivity index (χ0) is 19.1. The lowest BCUT2D eigenvalue weighted by Crippen LogP contribution is -2.31. The molecular weight excluding hydrogens is 338 g/mol. The van der Waals surface area contributed by atoms with E-state index in [9.17, 15) is 4.79 Å². The van der Waals surface area contributed by atoms with Gasteiger partial charge in [-0.2, -0.15) is 0 Å². The summed E-state index contributed by atoms with van der Waals surface area (Å²) < 4.78 is 5.79. The minimum absolute atomic E-state index is 0.118. The summed E-state index contributed by atoms with van der Waals surface area (Å²) in [6.45, 7) is 4.01. The van der Waals surface area contributed by atoms with E-state index in [1.54, 1.807) is 18.5 Å². The number of hydrogen-bond donors (Lipinski definition) is 2. The molecule has 0 aliphatic carbocycles. The Morgan fingerprint density at radius 3 is 2.41 bits per heavy atom. The van der Waals surface area contributed by atoms with E-state index in [2.05, 4.69) is 15.6 Å². The number of aromatic nitrogens is 1. The predicted molar refractivity (Wildman–Crippen MR) is 108 cm³/mol. The quantitative estimate of drug-likeness (QED) is 0.611. The molecule has 5 heteroatoms. The van der Waals surface area contributed by atoms with Crippen LogP contribution in [-0.2, 0) is 0 Å². The van der Waals surface area contributed by atoms with E-state index in [1.807, 2.05) is 68.4 Å². The Kier molecular flexibility index (Phi) is 6.05. The molecule has 3 rings (SSSR count). The summed E-state index contributed by atoms with van der Waals surface area (Å²) >= 11 is 0. The third-order valence-electron chi connectivity index (χ3n) is 4.11. The molecule has 27 heavy (non-hydrogen) atoms. The largest absolute Gasteiger partial charge is 0.457 e. The van der Waals surface area contributed by atoms with Gasteiger partial charge in [0.05, 0.1) is 17.4 Å². The Hall–Kier alpha value is -3.34. The Labute approximate surface area is 159 Å². The number of ether oxygens (including phenoxy) is 1. The number of amides is 1. The summed E-state index contributed by atoms with van der Waals surface area (Å²) in [6, 6.07) is 19.2. The minimum Gasteiger partial charge on any atom is -0.457 e. The molecule has 1 atom stereocenters. The molecule has 0 aliphatic rings. The Morgan fingerprint density at radius 2 is 1.70 bits per heavy atom. The van der Waals surface area contributed by atoms with Crippen LogP contribution in [0.5, 0.6) is 11.5 Å². The van der Waals surface area contributed by atoms with Crippen LogP contribution in [0.2, 0.25) is 0 Å². The van der Waals surface area contributed by atoms with E-state index in [4.69, 9.17) is 4.74 Å². The zero-order valence-electron chi connectivity index (χ0n) is 15.5. The second kappa shape index (κ2) is 8.85. The summed E-state index contributed by atoms with van der Waals surface area (Å²) in [4.78, 5) is 16.4. The third-order valence-corrected chi connectivity index (χ3v) is 4.11. The van der Waals surface area contributed by atoms with Crippen LogP contribution in [0, 0.1) is 0 Å². The molecule has 0 radical (unpaired) electrons. The number of hydrogen-bond acceptors (Lipinski definition) is 4. The first-order chi connectivity index (χ1) is 13.1. The Morgan fingerprint density at radius 1 is 1.00 bits per heavy atom. The Balaban J connectivity index is 1.65. The molecule has 1 unspecified atom stereocenters. The maximum Gasteiger partial charge on any atom is 0.253 e. The monoisotopic (exact) mass is 361 g/mol. The van der Waals surface area contributed by atoms with Gasteiger partial charge in [-0.3, -0.25) is 9.78 Å². The van der Waals surface area contributed by atoms with Crippen LogP contribution in [0.25, 0.3) is 0 Å². The van der Waals surface area contributed by atoms with Crippen molar-refractivity contribution in [1.29, 1.82) is 0 Å². The molecule has 1 amide bonds. The molecule has 0 saturated heterocycles. The molecule has 3 aromatic rings. The van der Waals surface area contributed by atoms with Crippen molar-refractivity contribution in [2.45, 2.75) is 26.3 Å². The van der Waals surface area contributed by atoms with Crippen LogP contribution in [0.3, 0.4) is 0 Å². The van der Waals surface area contributed by atoms with E-state index in [1.165, 1.54) is 0 Å². The van der Waals surface area contributed by atoms with Crippen LogP contribution in [0.4, 0.5) is 11.4 Å². The summed E-state index contributed by atoms with van der Waals surface area (Å²) in [5.74, 6) is 1.43. The number of nitrogens with one attached hydrogen (secondary N) is 2. The zero-order valence-corrected chi connectivity index (χ0v) is 15.5. The van der Waals surface area contributed by atoms with Crippen LogP contribution in [0.15, 0.2) is 73.1 Å². The highest BCUT2D eigenvalue weighted by Gasteiger charge is 2.09. The fraction of sp³-hybridized carbons (Fsp3) is 0.182. The maximum atomic E-state index is 12.2. The van der Waals surface area contributed by atoms with E-state index >= 15 is 0 Å². The van der Waals surface area contributed by atoms with Crippen molar-refractivity contribution in [3.63, 3.8) is 0 Å². The SMILES string of the molecule is CCC(C)NC(=O)c1cncc(Nc2ccc(Oc3ccccc3)cc2)c1. The molecule has 1 heterocycles. The molecule has 0 bridgehead atoms. The second-order valence-corrected chi connectivity index (χ2v) is 6.31. The topological polar surface area (TPSA) is 63.2 Å². The van der Waals surface area contributed by atoms with Crippen molar-refractivity contribution < 1.29 is 9.53 Å². The number of pyridine rings is 1. The minimum atomic E-state index is -0.118. The fourth-order valence-electron chi connectivity index (χ4n) is 2.44. The van der Waals surface area contributed by atoms with Gasteiger partial charge in [0.25, 0.3) is 5.91 Å². The molecule has 0 fully saturated rings. The second-order valence-electron chi connectivity index (χ2n) is 6.31. The maximum absolute atomic E-state index is 12.2. The van der Waals surface area contributed by atoms with Crippen molar-refractivity contribution in [2.75, 3.05) is 5.32 Å². The summed E-state index contributed by atoms with van der Waals surface area (Å²) in [6.07, 6.45) is 4.14. The number of benzene rings is 2. The van der Waals surface area contributed by atoms with E-state index in [0.29, 0.717) is 5.56 Å². The van der Waals surface area contributed by atoms with Gasteiger partial charge in [0.2, 0.25) is 0 Å². The van der Waals surface area contributed by atoms with Crippen LogP contribution >= 0.6 is 0 Å². The van der Waals surface area contributed by atoms with Gasteiger partial charge in [0.1, 0.15) is 11.5 Å². The number of anilines is 2. The lowest BCUT2D eigenvalue weighted by molar-refractivity contribution is 0.0939. The Bertz CT molecular complexity index is 880. The van der Waals surface area contributed by atoms with Gasteiger partial charge < -0.3 is 15.4 Å². The molecule has 2 N–H and O–H groups in total. The average molecular weight is 361 g/mol. The lowest BCUT2D eigenvalue weighted by Gasteiger charge is -2.12. The molecule has 2 aromatic carbocycles. The number of para-hydroxylation sites is 1. The van der Waals surface area contributed by atoms with Crippen LogP contribution < -0.4 is 15.4 Å². The van der Waals surface area contributed by atoms with Crippen molar-refractivity contribution in [2.24, 2.45) is 0 Å². The van der Waals surface area contributed by atoms with Crippen molar-refractivity contribution in [3.8, 4) is 11.5 Å². The first-order valence-corrected chi connectivity index (χ1v) is 9.00. The van der Waals surface area contributed by atoms with E-state index in [-0.39, 0.29) is 11.9 Å². The molecule has 5 nitrogen and oxygen atoms in total. The molecule has 0 saturated carbocycles. The van der Waals surface area contributed by atoms with Crippen molar-refractivity contribution in [3.05, 3.63) is 78.6 Å². The van der Waals surface area contributed by atoms with Crippen molar-refractivity contribution >= 4 is 17.3 Å². The number of carbonyl (C=O) groups is 1. The first-order valence-electron chi connectivity index (χ1n) is 9.00. The highest BCUT2D eigenvalue weighted by molar-refractivity contribution is 5.95. The van der Waals surface area contributed by atoms with E-state index in [0.717, 1.165) is 29.3 Å². The van der Waals surface area contributed by atoms with Crippen molar-refractivity contribution in [1.82, 2.24) is 10.3 Å². The van der Waals surface area contributed by atoms with Gasteiger partial charge in [0.15, 0.2) is 0 Å². The first kappa shape index (κ1) is 18.5. The summed E-state index contributed by atoms with van der Waals surface area (Å²) in [5.41, 5.74) is 2.17. The lowest BCUT2D eigenvalue weighted by atomic mass is 10.2. The highest BCUT2D eigenvalue weighted by atomic mass is 16.5. The highest BCUT2D eigenvalue weighted by Crippen LogP contribution is 2.24. The van der Waals surface area contributed by atoms with Gasteiger partial charge in [-0.05, 0) is 55.8 Å². The normalized spacial score (nSPS) is 11.5. The smallest absolute Gasteiger partial charge is 0.253 e. The van der Waals surface area contributed by atoms with Gasteiger partial charge in [-0.1, -0.05) is 25.1 Å². The average Bonchev–Trinajstić information content (AvgIpc) is 2.70. The summed E-state index contributed by atoms with van der Waals surface area (Å²) in [7, 11) is 0. The molecule has 1 aromatic heterocycles. The van der Waals surface area contributed by atoms with Gasteiger partial charge in [0, 0.05) is 17.9 Å². The standard InChI is InChI=1S/C22H23N3O2/c1-3-16(2)24-22(26)17-13-19(15-23-14-17)25-18-9-11-21(12-10-18)27-20-7-5-4-6-8-20/h4-16,25H,3H2,1-2H3,(H,24,26).